The molecule has 0 aliphatic carbocycles. The first kappa shape index (κ1) is 15.5. The number of nitrogens with zero attached hydrogens (tertiary/aromatic N) is 1. The molecule has 0 spiro atoms. The first-order valence-corrected chi connectivity index (χ1v) is 8.57. The lowest BCUT2D eigenvalue weighted by atomic mass is 9.82. The summed E-state index contributed by atoms with van der Waals surface area (Å²) < 4.78 is 26.4. The maximum Gasteiger partial charge on any atom is 0.243 e. The first-order valence-electron chi connectivity index (χ1n) is 7.13. The summed E-state index contributed by atoms with van der Waals surface area (Å²) in [4.78, 5) is 0.363. The minimum absolute atomic E-state index is 0.0388. The highest BCUT2D eigenvalue weighted by Crippen LogP contribution is 2.28. The van der Waals surface area contributed by atoms with Crippen LogP contribution in [0.3, 0.4) is 0 Å². The SMILES string of the molecule is CCC(C)(C)c1ccc(S(=O)(=O)N2CC[C@@H](N)C2)cc1. The zero-order valence-electron chi connectivity index (χ0n) is 12.5. The van der Waals surface area contributed by atoms with Gasteiger partial charge in [-0.25, -0.2) is 8.42 Å². The van der Waals surface area contributed by atoms with Crippen molar-refractivity contribution in [3.05, 3.63) is 29.8 Å². The number of rotatable bonds is 4. The van der Waals surface area contributed by atoms with Gasteiger partial charge in [0.05, 0.1) is 4.90 Å². The largest absolute Gasteiger partial charge is 0.326 e. The molecule has 0 saturated carbocycles. The van der Waals surface area contributed by atoms with Gasteiger partial charge >= 0.3 is 0 Å². The van der Waals surface area contributed by atoms with Crippen LogP contribution in [0.5, 0.6) is 0 Å². The maximum absolute atomic E-state index is 12.5. The number of nitrogens with two attached hydrogens (primary N) is 1. The van der Waals surface area contributed by atoms with E-state index in [-0.39, 0.29) is 11.5 Å². The predicted octanol–water partition coefficient (Wildman–Crippen LogP) is 2.10. The van der Waals surface area contributed by atoms with Gasteiger partial charge in [0, 0.05) is 19.1 Å². The van der Waals surface area contributed by atoms with E-state index < -0.39 is 10.0 Å². The minimum Gasteiger partial charge on any atom is -0.326 e. The second-order valence-electron chi connectivity index (χ2n) is 6.17. The van der Waals surface area contributed by atoms with Crippen LogP contribution in [-0.4, -0.2) is 31.9 Å². The van der Waals surface area contributed by atoms with Gasteiger partial charge in [0.25, 0.3) is 0 Å². The van der Waals surface area contributed by atoms with Crippen LogP contribution in [0.25, 0.3) is 0 Å². The van der Waals surface area contributed by atoms with E-state index in [1.165, 1.54) is 4.31 Å². The quantitative estimate of drug-likeness (QED) is 0.925. The molecule has 1 saturated heterocycles. The predicted molar refractivity (Wildman–Crippen MR) is 81.1 cm³/mol. The van der Waals surface area contributed by atoms with Gasteiger partial charge in [-0.1, -0.05) is 32.9 Å². The fourth-order valence-electron chi connectivity index (χ4n) is 2.40. The normalized spacial score (nSPS) is 21.3. The number of benzene rings is 1. The molecule has 1 aliphatic rings. The van der Waals surface area contributed by atoms with E-state index in [1.807, 2.05) is 12.1 Å². The Balaban J connectivity index is 2.26. The summed E-state index contributed by atoms with van der Waals surface area (Å²) in [6, 6.07) is 7.24. The summed E-state index contributed by atoms with van der Waals surface area (Å²) >= 11 is 0. The highest BCUT2D eigenvalue weighted by atomic mass is 32.2. The van der Waals surface area contributed by atoms with Crippen LogP contribution in [0, 0.1) is 0 Å². The third-order valence-electron chi connectivity index (χ3n) is 4.34. The third kappa shape index (κ3) is 2.90. The minimum atomic E-state index is -3.39. The van der Waals surface area contributed by atoms with E-state index in [9.17, 15) is 8.42 Å². The molecular formula is C15H24N2O2S. The number of hydrogen-bond donors (Lipinski definition) is 1. The van der Waals surface area contributed by atoms with Crippen LogP contribution < -0.4 is 5.73 Å². The van der Waals surface area contributed by atoms with Gasteiger partial charge in [0.1, 0.15) is 0 Å². The van der Waals surface area contributed by atoms with E-state index in [1.54, 1.807) is 12.1 Å². The highest BCUT2D eigenvalue weighted by molar-refractivity contribution is 7.89. The summed E-state index contributed by atoms with van der Waals surface area (Å²) in [5.74, 6) is 0. The van der Waals surface area contributed by atoms with Crippen molar-refractivity contribution < 1.29 is 8.42 Å². The lowest BCUT2D eigenvalue weighted by Gasteiger charge is -2.24. The van der Waals surface area contributed by atoms with Crippen molar-refractivity contribution in [3.8, 4) is 0 Å². The van der Waals surface area contributed by atoms with Gasteiger partial charge in [-0.2, -0.15) is 4.31 Å². The van der Waals surface area contributed by atoms with Crippen LogP contribution in [0.4, 0.5) is 0 Å². The smallest absolute Gasteiger partial charge is 0.243 e. The molecule has 2 N–H and O–H groups in total. The Morgan fingerprint density at radius 3 is 2.35 bits per heavy atom. The average Bonchev–Trinajstić information content (AvgIpc) is 2.86. The van der Waals surface area contributed by atoms with E-state index >= 15 is 0 Å². The van der Waals surface area contributed by atoms with E-state index in [0.717, 1.165) is 18.4 Å². The molecule has 2 rings (SSSR count). The van der Waals surface area contributed by atoms with Gasteiger partial charge in [-0.3, -0.25) is 0 Å². The monoisotopic (exact) mass is 296 g/mol. The fourth-order valence-corrected chi connectivity index (χ4v) is 3.92. The zero-order valence-corrected chi connectivity index (χ0v) is 13.3. The van der Waals surface area contributed by atoms with Crippen molar-refractivity contribution in [2.45, 2.75) is 50.0 Å². The molecule has 1 heterocycles. The molecule has 1 fully saturated rings. The van der Waals surface area contributed by atoms with Crippen molar-refractivity contribution in [2.75, 3.05) is 13.1 Å². The van der Waals surface area contributed by atoms with Crippen LogP contribution in [0.2, 0.25) is 0 Å². The molecule has 1 aromatic rings. The van der Waals surface area contributed by atoms with Gasteiger partial charge in [-0.15, -0.1) is 0 Å². The Morgan fingerprint density at radius 1 is 1.30 bits per heavy atom. The number of sulfonamides is 1. The second-order valence-corrected chi connectivity index (χ2v) is 8.11. The Hall–Kier alpha value is -0.910. The summed E-state index contributed by atoms with van der Waals surface area (Å²) in [5, 5.41) is 0. The molecule has 0 aromatic heterocycles. The first-order chi connectivity index (χ1) is 9.27. The van der Waals surface area contributed by atoms with Crippen molar-refractivity contribution in [1.29, 1.82) is 0 Å². The van der Waals surface area contributed by atoms with Gasteiger partial charge in [-0.05, 0) is 36.0 Å². The summed E-state index contributed by atoms with van der Waals surface area (Å²) in [6.07, 6.45) is 1.75. The van der Waals surface area contributed by atoms with Crippen molar-refractivity contribution in [1.82, 2.24) is 4.31 Å². The molecule has 1 aromatic carbocycles. The van der Waals surface area contributed by atoms with Gasteiger partial charge < -0.3 is 5.73 Å². The van der Waals surface area contributed by atoms with E-state index in [0.29, 0.717) is 18.0 Å². The summed E-state index contributed by atoms with van der Waals surface area (Å²) in [5.41, 5.74) is 7.02. The molecule has 4 nitrogen and oxygen atoms in total. The Kier molecular flexibility index (Phi) is 4.23. The van der Waals surface area contributed by atoms with Crippen LogP contribution >= 0.6 is 0 Å². The summed E-state index contributed by atoms with van der Waals surface area (Å²) in [7, 11) is -3.39. The molecule has 0 amide bonds. The van der Waals surface area contributed by atoms with Crippen LogP contribution in [0.15, 0.2) is 29.2 Å². The molecule has 0 unspecified atom stereocenters. The second kappa shape index (κ2) is 5.47. The average molecular weight is 296 g/mol. The topological polar surface area (TPSA) is 63.4 Å². The zero-order chi connectivity index (χ0) is 15.0. The lowest BCUT2D eigenvalue weighted by Crippen LogP contribution is -2.32. The molecule has 0 bridgehead atoms. The lowest BCUT2D eigenvalue weighted by molar-refractivity contribution is 0.472. The Morgan fingerprint density at radius 2 is 1.90 bits per heavy atom. The molecule has 20 heavy (non-hydrogen) atoms. The molecule has 0 radical (unpaired) electrons. The van der Waals surface area contributed by atoms with E-state index in [2.05, 4.69) is 20.8 Å². The summed E-state index contributed by atoms with van der Waals surface area (Å²) in [6.45, 7) is 7.40. The van der Waals surface area contributed by atoms with Crippen LogP contribution in [0.1, 0.15) is 39.2 Å². The van der Waals surface area contributed by atoms with E-state index in [4.69, 9.17) is 5.73 Å². The van der Waals surface area contributed by atoms with Crippen molar-refractivity contribution in [3.63, 3.8) is 0 Å². The molecule has 112 valence electrons. The van der Waals surface area contributed by atoms with Crippen LogP contribution in [-0.2, 0) is 15.4 Å². The molecular weight excluding hydrogens is 272 g/mol. The Bertz CT molecular complexity index is 564. The standard InChI is InChI=1S/C15H24N2O2S/c1-4-15(2,3)12-5-7-14(8-6-12)20(18,19)17-10-9-13(16)11-17/h5-8,13H,4,9-11,16H2,1-3H3/t13-/m1/s1. The molecule has 1 aliphatic heterocycles. The van der Waals surface area contributed by atoms with Gasteiger partial charge in [0.15, 0.2) is 0 Å². The molecule has 5 heteroatoms. The van der Waals surface area contributed by atoms with Crippen molar-refractivity contribution in [2.24, 2.45) is 5.73 Å². The highest BCUT2D eigenvalue weighted by Gasteiger charge is 2.31. The van der Waals surface area contributed by atoms with Gasteiger partial charge in [0.2, 0.25) is 10.0 Å². The third-order valence-corrected chi connectivity index (χ3v) is 6.22. The maximum atomic E-state index is 12.5. The number of hydrogen-bond acceptors (Lipinski definition) is 3. The fraction of sp³-hybridized carbons (Fsp3) is 0.600. The van der Waals surface area contributed by atoms with Crippen molar-refractivity contribution >= 4 is 10.0 Å². The Labute approximate surface area is 122 Å². The molecule has 1 atom stereocenters.